The van der Waals surface area contributed by atoms with Gasteiger partial charge in [-0.25, -0.2) is 9.78 Å². The highest BCUT2D eigenvalue weighted by molar-refractivity contribution is 6.05. The number of phenols is 1. The van der Waals surface area contributed by atoms with Gasteiger partial charge in [0, 0.05) is 51.3 Å². The number of carbonyl (C=O) groups is 3. The lowest BCUT2D eigenvalue weighted by Crippen LogP contribution is -2.12. The molecule has 0 saturated heterocycles. The first-order valence-electron chi connectivity index (χ1n) is 11.7. The fourth-order valence-electron chi connectivity index (χ4n) is 3.90. The standard InChI is InChI=1S/C31H19N3O5/c35-18-23-15-28(34-27-13-14-32-17-26(23)27)21-7-3-19(4-8-21)1-2-20-5-9-22(10-6-20)30(37)33-24-11-12-29(36)25(16-24)31(38)39/h3-18,36H,(H,33,37)(H,38,39). The fourth-order valence-corrected chi connectivity index (χ4v) is 3.90. The maximum atomic E-state index is 12.5. The molecule has 5 rings (SSSR count). The number of rotatable bonds is 5. The Labute approximate surface area is 222 Å². The van der Waals surface area contributed by atoms with Gasteiger partial charge in [-0.05, 0) is 66.7 Å². The van der Waals surface area contributed by atoms with Crippen LogP contribution < -0.4 is 5.32 Å². The molecule has 0 unspecified atom stereocenters. The number of hydrogen-bond donors (Lipinski definition) is 3. The van der Waals surface area contributed by atoms with Crippen molar-refractivity contribution in [2.75, 3.05) is 5.32 Å². The van der Waals surface area contributed by atoms with Crippen molar-refractivity contribution in [3.63, 3.8) is 0 Å². The summed E-state index contributed by atoms with van der Waals surface area (Å²) in [5.41, 5.74) is 4.54. The molecule has 0 bridgehead atoms. The van der Waals surface area contributed by atoms with Crippen LogP contribution in [-0.2, 0) is 0 Å². The summed E-state index contributed by atoms with van der Waals surface area (Å²) in [5.74, 6) is 4.04. The molecule has 0 atom stereocenters. The zero-order valence-electron chi connectivity index (χ0n) is 20.3. The monoisotopic (exact) mass is 513 g/mol. The van der Waals surface area contributed by atoms with E-state index in [1.807, 2.05) is 24.3 Å². The van der Waals surface area contributed by atoms with Crippen LogP contribution in [-0.4, -0.2) is 38.3 Å². The van der Waals surface area contributed by atoms with Crippen LogP contribution in [0.1, 0.15) is 42.2 Å². The van der Waals surface area contributed by atoms with Gasteiger partial charge < -0.3 is 15.5 Å². The van der Waals surface area contributed by atoms with Crippen LogP contribution in [0.2, 0.25) is 0 Å². The molecule has 39 heavy (non-hydrogen) atoms. The van der Waals surface area contributed by atoms with Gasteiger partial charge in [0.25, 0.3) is 5.91 Å². The third-order valence-electron chi connectivity index (χ3n) is 5.93. The Balaban J connectivity index is 1.28. The lowest BCUT2D eigenvalue weighted by Gasteiger charge is -2.07. The van der Waals surface area contributed by atoms with E-state index in [0.29, 0.717) is 33.3 Å². The summed E-state index contributed by atoms with van der Waals surface area (Å²) in [7, 11) is 0. The number of anilines is 1. The molecular weight excluding hydrogens is 494 g/mol. The average Bonchev–Trinajstić information content (AvgIpc) is 2.96. The zero-order valence-corrected chi connectivity index (χ0v) is 20.3. The summed E-state index contributed by atoms with van der Waals surface area (Å²) in [4.78, 5) is 44.0. The Hall–Kier alpha value is -5.81. The number of amides is 1. The number of carbonyl (C=O) groups excluding carboxylic acids is 2. The van der Waals surface area contributed by atoms with E-state index in [0.717, 1.165) is 17.4 Å². The van der Waals surface area contributed by atoms with Gasteiger partial charge >= 0.3 is 5.97 Å². The quantitative estimate of drug-likeness (QED) is 0.168. The average molecular weight is 514 g/mol. The molecule has 8 nitrogen and oxygen atoms in total. The number of carboxylic acid groups (broad SMARTS) is 1. The lowest BCUT2D eigenvalue weighted by atomic mass is 10.0. The fraction of sp³-hybridized carbons (Fsp3) is 0. The van der Waals surface area contributed by atoms with Crippen LogP contribution in [0, 0.1) is 11.8 Å². The van der Waals surface area contributed by atoms with E-state index < -0.39 is 11.9 Å². The normalized spacial score (nSPS) is 10.4. The second-order valence-corrected chi connectivity index (χ2v) is 8.50. The highest BCUT2D eigenvalue weighted by atomic mass is 16.4. The molecule has 0 spiro atoms. The Bertz CT molecular complexity index is 1800. The SMILES string of the molecule is O=Cc1cc(-c2ccc(C#Cc3ccc(C(=O)Nc4ccc(O)c(C(=O)O)c4)cc3)cc2)nc2ccncc12. The van der Waals surface area contributed by atoms with Gasteiger partial charge in [0.1, 0.15) is 11.3 Å². The molecule has 8 heteroatoms. The molecule has 2 heterocycles. The molecular formula is C31H19N3O5. The van der Waals surface area contributed by atoms with Crippen molar-refractivity contribution in [3.8, 4) is 28.8 Å². The van der Waals surface area contributed by atoms with Crippen molar-refractivity contribution in [1.29, 1.82) is 0 Å². The van der Waals surface area contributed by atoms with Gasteiger partial charge in [-0.1, -0.05) is 24.0 Å². The topological polar surface area (TPSA) is 129 Å². The van der Waals surface area contributed by atoms with Crippen LogP contribution in [0.4, 0.5) is 5.69 Å². The van der Waals surface area contributed by atoms with E-state index >= 15 is 0 Å². The largest absolute Gasteiger partial charge is 0.507 e. The third-order valence-corrected chi connectivity index (χ3v) is 5.93. The molecule has 0 fully saturated rings. The molecule has 0 aliphatic rings. The minimum Gasteiger partial charge on any atom is -0.507 e. The smallest absolute Gasteiger partial charge is 0.339 e. The first-order chi connectivity index (χ1) is 18.9. The van der Waals surface area contributed by atoms with E-state index in [2.05, 4.69) is 27.1 Å². The molecule has 3 aromatic carbocycles. The Morgan fingerprint density at radius 1 is 0.872 bits per heavy atom. The van der Waals surface area contributed by atoms with E-state index in [-0.39, 0.29) is 17.0 Å². The molecule has 3 N–H and O–H groups in total. The summed E-state index contributed by atoms with van der Waals surface area (Å²) in [6.45, 7) is 0. The summed E-state index contributed by atoms with van der Waals surface area (Å²) < 4.78 is 0. The van der Waals surface area contributed by atoms with Crippen LogP contribution in [0.5, 0.6) is 5.75 Å². The van der Waals surface area contributed by atoms with Crippen LogP contribution in [0.15, 0.2) is 91.3 Å². The maximum Gasteiger partial charge on any atom is 0.339 e. The summed E-state index contributed by atoms with van der Waals surface area (Å²) in [5, 5.41) is 22.1. The summed E-state index contributed by atoms with van der Waals surface area (Å²) in [6, 6.07) is 21.5. The first kappa shape index (κ1) is 24.9. The van der Waals surface area contributed by atoms with Crippen molar-refractivity contribution in [2.45, 2.75) is 0 Å². The van der Waals surface area contributed by atoms with E-state index in [4.69, 9.17) is 5.11 Å². The number of aldehydes is 1. The highest BCUT2D eigenvalue weighted by Crippen LogP contribution is 2.24. The number of benzene rings is 3. The summed E-state index contributed by atoms with van der Waals surface area (Å²) >= 11 is 0. The molecule has 0 saturated carbocycles. The van der Waals surface area contributed by atoms with Gasteiger partial charge in [-0.3, -0.25) is 14.6 Å². The second kappa shape index (κ2) is 10.7. The number of hydrogen-bond acceptors (Lipinski definition) is 6. The van der Waals surface area contributed by atoms with Crippen molar-refractivity contribution in [1.82, 2.24) is 9.97 Å². The molecule has 1 amide bonds. The molecule has 188 valence electrons. The highest BCUT2D eigenvalue weighted by Gasteiger charge is 2.12. The lowest BCUT2D eigenvalue weighted by molar-refractivity contribution is 0.0693. The minimum atomic E-state index is -1.30. The molecule has 0 radical (unpaired) electrons. The second-order valence-electron chi connectivity index (χ2n) is 8.50. The Morgan fingerprint density at radius 2 is 1.56 bits per heavy atom. The van der Waals surface area contributed by atoms with Gasteiger partial charge in [0.05, 0.1) is 11.2 Å². The predicted molar refractivity (Wildman–Crippen MR) is 146 cm³/mol. The van der Waals surface area contributed by atoms with Gasteiger partial charge in [-0.2, -0.15) is 0 Å². The van der Waals surface area contributed by atoms with Crippen molar-refractivity contribution < 1.29 is 24.6 Å². The predicted octanol–water partition coefficient (Wildman–Crippen LogP) is 5.17. The number of aromatic hydroxyl groups is 1. The number of fused-ring (bicyclic) bond motifs is 1. The van der Waals surface area contributed by atoms with E-state index in [9.17, 15) is 19.5 Å². The summed E-state index contributed by atoms with van der Waals surface area (Å²) in [6.07, 6.45) is 4.06. The molecule has 5 aromatic rings. The van der Waals surface area contributed by atoms with Crippen LogP contribution >= 0.6 is 0 Å². The van der Waals surface area contributed by atoms with Gasteiger partial charge in [-0.15, -0.1) is 0 Å². The zero-order chi connectivity index (χ0) is 27.4. The van der Waals surface area contributed by atoms with Crippen LogP contribution in [0.3, 0.4) is 0 Å². The van der Waals surface area contributed by atoms with Crippen molar-refractivity contribution >= 4 is 34.8 Å². The third kappa shape index (κ3) is 5.48. The Morgan fingerprint density at radius 3 is 2.23 bits per heavy atom. The number of aromatic carboxylic acids is 1. The van der Waals surface area contributed by atoms with Gasteiger partial charge in [0.2, 0.25) is 0 Å². The van der Waals surface area contributed by atoms with E-state index in [1.54, 1.807) is 48.8 Å². The number of aromatic nitrogens is 2. The van der Waals surface area contributed by atoms with Gasteiger partial charge in [0.15, 0.2) is 6.29 Å². The van der Waals surface area contributed by atoms with Crippen molar-refractivity contribution in [3.05, 3.63) is 119 Å². The number of nitrogens with one attached hydrogen (secondary N) is 1. The molecule has 0 aliphatic carbocycles. The van der Waals surface area contributed by atoms with Crippen LogP contribution in [0.25, 0.3) is 22.2 Å². The molecule has 0 aliphatic heterocycles. The first-order valence-corrected chi connectivity index (χ1v) is 11.7. The molecule has 2 aromatic heterocycles. The maximum absolute atomic E-state index is 12.5. The number of pyridine rings is 2. The minimum absolute atomic E-state index is 0.251. The number of carboxylic acids is 1. The Kier molecular flexibility index (Phi) is 6.80. The van der Waals surface area contributed by atoms with E-state index in [1.165, 1.54) is 18.2 Å². The van der Waals surface area contributed by atoms with Crippen molar-refractivity contribution in [2.24, 2.45) is 0 Å². The number of nitrogens with zero attached hydrogens (tertiary/aromatic N) is 2.